The summed E-state index contributed by atoms with van der Waals surface area (Å²) in [7, 11) is 0. The molecule has 0 aliphatic rings. The molecule has 3 N–H and O–H groups in total. The number of nitrogens with two attached hydrogens (primary N) is 1. The zero-order valence-electron chi connectivity index (χ0n) is 6.18. The van der Waals surface area contributed by atoms with E-state index < -0.39 is 0 Å². The van der Waals surface area contributed by atoms with Crippen molar-refractivity contribution < 1.29 is 0 Å². The van der Waals surface area contributed by atoms with Gasteiger partial charge in [-0.2, -0.15) is 17.7 Å². The van der Waals surface area contributed by atoms with Gasteiger partial charge in [0.2, 0.25) is 0 Å². The third-order valence-corrected chi connectivity index (χ3v) is 1.43. The number of aromatic amines is 1. The number of nitrogens with one attached hydrogen (secondary N) is 1. The predicted octanol–water partition coefficient (Wildman–Crippen LogP) is 0.582. The Bertz CT molecular complexity index is 286. The van der Waals surface area contributed by atoms with E-state index in [-0.39, 0.29) is 0 Å². The Morgan fingerprint density at radius 3 is 2.91 bits per heavy atom. The van der Waals surface area contributed by atoms with Gasteiger partial charge in [-0.1, -0.05) is 11.8 Å². The van der Waals surface area contributed by atoms with Crippen molar-refractivity contribution in [3.05, 3.63) is 11.3 Å². The lowest BCUT2D eigenvalue weighted by atomic mass is 10.2. The topological polar surface area (TPSA) is 54.7 Å². The van der Waals surface area contributed by atoms with E-state index >= 15 is 0 Å². The molecule has 3 nitrogen and oxygen atoms in total. The van der Waals surface area contributed by atoms with Crippen molar-refractivity contribution in [2.75, 3.05) is 11.5 Å². The number of hydrogen-bond donors (Lipinski definition) is 3. The van der Waals surface area contributed by atoms with E-state index in [0.29, 0.717) is 11.6 Å². The number of anilines is 1. The van der Waals surface area contributed by atoms with E-state index in [0.717, 1.165) is 11.3 Å². The van der Waals surface area contributed by atoms with E-state index in [2.05, 4.69) is 34.7 Å². The maximum Gasteiger partial charge on any atom is 0.161 e. The summed E-state index contributed by atoms with van der Waals surface area (Å²) in [4.78, 5) is 0. The van der Waals surface area contributed by atoms with Crippen LogP contribution in [0.1, 0.15) is 11.3 Å². The summed E-state index contributed by atoms with van der Waals surface area (Å²) < 4.78 is 0. The van der Waals surface area contributed by atoms with Crippen molar-refractivity contribution in [2.45, 2.75) is 6.92 Å². The normalized spacial score (nSPS) is 8.91. The molecule has 0 aromatic carbocycles. The van der Waals surface area contributed by atoms with Gasteiger partial charge in [-0.05, 0) is 6.92 Å². The van der Waals surface area contributed by atoms with Crippen molar-refractivity contribution in [2.24, 2.45) is 0 Å². The molecule has 0 atom stereocenters. The van der Waals surface area contributed by atoms with Crippen LogP contribution < -0.4 is 5.73 Å². The number of rotatable bonds is 0. The largest absolute Gasteiger partial charge is 0.381 e. The van der Waals surface area contributed by atoms with Crippen LogP contribution in [0.4, 0.5) is 5.82 Å². The fraction of sp³-hybridized carbons (Fsp3) is 0.286. The molecule has 0 amide bonds. The summed E-state index contributed by atoms with van der Waals surface area (Å²) in [6, 6.07) is 0. The minimum absolute atomic E-state index is 0.455. The number of H-pyrrole nitrogens is 1. The fourth-order valence-corrected chi connectivity index (χ4v) is 0.813. The third-order valence-electron chi connectivity index (χ3n) is 1.27. The van der Waals surface area contributed by atoms with Gasteiger partial charge in [0.15, 0.2) is 5.82 Å². The molecule has 1 aromatic heterocycles. The summed E-state index contributed by atoms with van der Waals surface area (Å²) in [6.45, 7) is 1.88. The Morgan fingerprint density at radius 1 is 1.73 bits per heavy atom. The fourth-order valence-electron chi connectivity index (χ4n) is 0.734. The predicted molar refractivity (Wildman–Crippen MR) is 48.5 cm³/mol. The van der Waals surface area contributed by atoms with Crippen LogP contribution in [0.5, 0.6) is 0 Å². The Labute approximate surface area is 70.8 Å². The highest BCUT2D eigenvalue weighted by molar-refractivity contribution is 7.80. The van der Waals surface area contributed by atoms with Crippen LogP contribution in [0.2, 0.25) is 0 Å². The summed E-state index contributed by atoms with van der Waals surface area (Å²) in [6.07, 6.45) is 0. The van der Waals surface area contributed by atoms with Crippen LogP contribution >= 0.6 is 12.6 Å². The molecule has 4 heteroatoms. The standard InChI is InChI=1S/C7H9N3S/c1-5-6(3-2-4-11)7(8)10-9-5/h11H,4H2,1H3,(H3,8,9,10). The minimum atomic E-state index is 0.455. The van der Waals surface area contributed by atoms with E-state index in [9.17, 15) is 0 Å². The van der Waals surface area contributed by atoms with Gasteiger partial charge in [-0.15, -0.1) is 0 Å². The third kappa shape index (κ3) is 1.69. The molecule has 0 unspecified atom stereocenters. The van der Waals surface area contributed by atoms with Crippen LogP contribution in [-0.2, 0) is 0 Å². The first kappa shape index (κ1) is 8.02. The van der Waals surface area contributed by atoms with E-state index in [4.69, 9.17) is 5.73 Å². The molecule has 0 spiro atoms. The van der Waals surface area contributed by atoms with Gasteiger partial charge in [-0.25, -0.2) is 0 Å². The zero-order valence-corrected chi connectivity index (χ0v) is 7.07. The van der Waals surface area contributed by atoms with Crippen LogP contribution in [0.3, 0.4) is 0 Å². The zero-order chi connectivity index (χ0) is 8.27. The van der Waals surface area contributed by atoms with Gasteiger partial charge in [0, 0.05) is 5.69 Å². The summed E-state index contributed by atoms with van der Waals surface area (Å²) >= 11 is 3.96. The molecule has 1 aromatic rings. The lowest BCUT2D eigenvalue weighted by molar-refractivity contribution is 1.05. The minimum Gasteiger partial charge on any atom is -0.381 e. The Hall–Kier alpha value is -1.08. The van der Waals surface area contributed by atoms with Gasteiger partial charge in [0.1, 0.15) is 0 Å². The van der Waals surface area contributed by atoms with Crippen LogP contribution in [0.15, 0.2) is 0 Å². The molecule has 0 bridgehead atoms. The number of nitrogen functional groups attached to an aromatic ring is 1. The van der Waals surface area contributed by atoms with Crippen molar-refractivity contribution in [1.82, 2.24) is 10.2 Å². The second-order valence-electron chi connectivity index (χ2n) is 2.07. The summed E-state index contributed by atoms with van der Waals surface area (Å²) in [5.41, 5.74) is 7.19. The van der Waals surface area contributed by atoms with Crippen LogP contribution in [0, 0.1) is 18.8 Å². The number of nitrogens with zero attached hydrogens (tertiary/aromatic N) is 1. The first-order valence-electron chi connectivity index (χ1n) is 3.16. The molecule has 1 heterocycles. The van der Waals surface area contributed by atoms with Crippen molar-refractivity contribution in [1.29, 1.82) is 0 Å². The lowest BCUT2D eigenvalue weighted by Gasteiger charge is -1.85. The quantitative estimate of drug-likeness (QED) is 0.391. The van der Waals surface area contributed by atoms with Gasteiger partial charge in [-0.3, -0.25) is 5.10 Å². The SMILES string of the molecule is Cc1[nH]nc(N)c1C#CCS. The molecule has 0 saturated carbocycles. The van der Waals surface area contributed by atoms with Crippen molar-refractivity contribution in [3.8, 4) is 11.8 Å². The average molecular weight is 167 g/mol. The molecule has 0 aliphatic heterocycles. The highest BCUT2D eigenvalue weighted by Crippen LogP contribution is 2.09. The van der Waals surface area contributed by atoms with E-state index in [1.165, 1.54) is 0 Å². The molecule has 11 heavy (non-hydrogen) atoms. The highest BCUT2D eigenvalue weighted by atomic mass is 32.1. The van der Waals surface area contributed by atoms with Crippen LogP contribution in [0.25, 0.3) is 0 Å². The number of hydrogen-bond acceptors (Lipinski definition) is 3. The van der Waals surface area contributed by atoms with Crippen molar-refractivity contribution in [3.63, 3.8) is 0 Å². The monoisotopic (exact) mass is 167 g/mol. The number of thiol groups is 1. The molecule has 0 saturated heterocycles. The first-order valence-corrected chi connectivity index (χ1v) is 3.79. The van der Waals surface area contributed by atoms with Gasteiger partial charge in [0.05, 0.1) is 11.3 Å². The Balaban J connectivity index is 3.01. The molecular weight excluding hydrogens is 158 g/mol. The maximum absolute atomic E-state index is 5.51. The van der Waals surface area contributed by atoms with Gasteiger partial charge >= 0.3 is 0 Å². The molecule has 0 aliphatic carbocycles. The number of aromatic nitrogens is 2. The van der Waals surface area contributed by atoms with E-state index in [1.54, 1.807) is 0 Å². The van der Waals surface area contributed by atoms with E-state index in [1.807, 2.05) is 6.92 Å². The van der Waals surface area contributed by atoms with Gasteiger partial charge < -0.3 is 5.73 Å². The molecule has 1 rings (SSSR count). The van der Waals surface area contributed by atoms with Crippen LogP contribution in [-0.4, -0.2) is 16.0 Å². The summed E-state index contributed by atoms with van der Waals surface area (Å²) in [5.74, 6) is 6.66. The second kappa shape index (κ2) is 3.35. The molecular formula is C7H9N3S. The Morgan fingerprint density at radius 2 is 2.45 bits per heavy atom. The van der Waals surface area contributed by atoms with Gasteiger partial charge in [0.25, 0.3) is 0 Å². The molecule has 0 radical (unpaired) electrons. The highest BCUT2D eigenvalue weighted by Gasteiger charge is 2.01. The Kier molecular flexibility index (Phi) is 2.44. The average Bonchev–Trinajstić information content (AvgIpc) is 2.29. The second-order valence-corrected chi connectivity index (χ2v) is 2.38. The molecule has 0 fully saturated rings. The first-order chi connectivity index (χ1) is 5.25. The smallest absolute Gasteiger partial charge is 0.161 e. The summed E-state index contributed by atoms with van der Waals surface area (Å²) in [5, 5.41) is 6.54. The molecule has 58 valence electrons. The van der Waals surface area contributed by atoms with Crippen molar-refractivity contribution >= 4 is 18.4 Å². The lowest BCUT2D eigenvalue weighted by Crippen LogP contribution is -1.87. The maximum atomic E-state index is 5.51. The number of aryl methyl sites for hydroxylation is 1.